The van der Waals surface area contributed by atoms with E-state index in [-0.39, 0.29) is 0 Å². The Balaban J connectivity index is 1.63. The summed E-state index contributed by atoms with van der Waals surface area (Å²) in [4.78, 5) is 5.86. The quantitative estimate of drug-likeness (QED) is 0.923. The predicted molar refractivity (Wildman–Crippen MR) is 83.5 cm³/mol. The van der Waals surface area contributed by atoms with E-state index in [1.807, 2.05) is 6.20 Å². The van der Waals surface area contributed by atoms with Crippen LogP contribution in [0.5, 0.6) is 0 Å². The van der Waals surface area contributed by atoms with Gasteiger partial charge in [-0.2, -0.15) is 0 Å². The maximum atomic E-state index is 11.7. The van der Waals surface area contributed by atoms with Crippen LogP contribution in [-0.2, 0) is 10.0 Å². The summed E-state index contributed by atoms with van der Waals surface area (Å²) in [6.45, 7) is 3.51. The number of aromatic nitrogens is 1. The highest BCUT2D eigenvalue weighted by molar-refractivity contribution is 7.88. The smallest absolute Gasteiger partial charge is 0.211 e. The Morgan fingerprint density at radius 1 is 1.29 bits per heavy atom. The predicted octanol–water partition coefficient (Wildman–Crippen LogP) is 1.82. The molecule has 2 aliphatic rings. The maximum Gasteiger partial charge on any atom is 0.211 e. The zero-order chi connectivity index (χ0) is 14.9. The highest BCUT2D eigenvalue weighted by atomic mass is 32.2. The Bertz CT molecular complexity index is 555. The molecule has 1 aromatic rings. The average Bonchev–Trinajstić information content (AvgIpc) is 3.08. The minimum absolute atomic E-state index is 0.462. The Kier molecular flexibility index (Phi) is 4.38. The lowest BCUT2D eigenvalue weighted by molar-refractivity contribution is 0.167. The topological polar surface area (TPSA) is 56.4 Å². The molecule has 0 amide bonds. The van der Waals surface area contributed by atoms with E-state index in [4.69, 9.17) is 0 Å². The number of nitrogens with one attached hydrogen (secondary N) is 1. The molecule has 6 heteroatoms. The van der Waals surface area contributed by atoms with E-state index in [9.17, 15) is 8.42 Å². The van der Waals surface area contributed by atoms with E-state index in [2.05, 4.69) is 22.0 Å². The Hall–Kier alpha value is -0.850. The van der Waals surface area contributed by atoms with Gasteiger partial charge in [-0.05, 0) is 50.3 Å². The number of piperidine rings is 1. The fourth-order valence-electron chi connectivity index (χ4n) is 3.76. The molecule has 1 N–H and O–H groups in total. The van der Waals surface area contributed by atoms with Crippen molar-refractivity contribution in [3.63, 3.8) is 0 Å². The van der Waals surface area contributed by atoms with Crippen molar-refractivity contribution in [1.82, 2.24) is 14.2 Å². The molecule has 0 aliphatic carbocycles. The second-order valence-corrected chi connectivity index (χ2v) is 8.39. The first-order valence-corrected chi connectivity index (χ1v) is 9.71. The van der Waals surface area contributed by atoms with Crippen LogP contribution in [-0.4, -0.2) is 55.0 Å². The molecule has 0 radical (unpaired) electrons. The SMILES string of the molecule is CS(=O)(=O)N1CCCC(CN2CCCC2c2ccc[nH]2)C1. The molecule has 2 fully saturated rings. The van der Waals surface area contributed by atoms with Gasteiger partial charge < -0.3 is 4.98 Å². The summed E-state index contributed by atoms with van der Waals surface area (Å²) in [5, 5.41) is 0. The summed E-state index contributed by atoms with van der Waals surface area (Å²) in [7, 11) is -3.04. The van der Waals surface area contributed by atoms with Crippen LogP contribution in [0.4, 0.5) is 0 Å². The van der Waals surface area contributed by atoms with Crippen molar-refractivity contribution in [1.29, 1.82) is 0 Å². The normalized spacial score (nSPS) is 29.0. The van der Waals surface area contributed by atoms with Crippen molar-refractivity contribution in [3.8, 4) is 0 Å². The van der Waals surface area contributed by atoms with E-state index >= 15 is 0 Å². The standard InChI is InChI=1S/C15H25N3O2S/c1-21(19,20)18-10-3-5-13(12-18)11-17-9-4-7-15(17)14-6-2-8-16-14/h2,6,8,13,15-16H,3-5,7,9-12H2,1H3. The summed E-state index contributed by atoms with van der Waals surface area (Å²) in [6, 6.07) is 4.69. The molecule has 2 aliphatic heterocycles. The Labute approximate surface area is 127 Å². The van der Waals surface area contributed by atoms with Crippen molar-refractivity contribution < 1.29 is 8.42 Å². The van der Waals surface area contributed by atoms with Crippen LogP contribution in [0.15, 0.2) is 18.3 Å². The van der Waals surface area contributed by atoms with Gasteiger partial charge in [0.2, 0.25) is 10.0 Å². The summed E-state index contributed by atoms with van der Waals surface area (Å²) in [6.07, 6.45) is 7.86. The van der Waals surface area contributed by atoms with Gasteiger partial charge in [0, 0.05) is 37.6 Å². The molecule has 21 heavy (non-hydrogen) atoms. The maximum absolute atomic E-state index is 11.7. The molecular weight excluding hydrogens is 286 g/mol. The molecule has 118 valence electrons. The van der Waals surface area contributed by atoms with Crippen LogP contribution in [0.25, 0.3) is 0 Å². The molecule has 2 saturated heterocycles. The number of rotatable bonds is 4. The molecule has 0 spiro atoms. The molecule has 2 atom stereocenters. The van der Waals surface area contributed by atoms with Crippen LogP contribution in [0.1, 0.15) is 37.4 Å². The molecule has 3 heterocycles. The lowest BCUT2D eigenvalue weighted by atomic mass is 9.98. The molecule has 5 nitrogen and oxygen atoms in total. The van der Waals surface area contributed by atoms with Crippen LogP contribution in [0, 0.1) is 5.92 Å². The van der Waals surface area contributed by atoms with Gasteiger partial charge in [-0.25, -0.2) is 12.7 Å². The molecule has 0 saturated carbocycles. The Morgan fingerprint density at radius 2 is 2.10 bits per heavy atom. The monoisotopic (exact) mass is 311 g/mol. The van der Waals surface area contributed by atoms with Crippen LogP contribution in [0.2, 0.25) is 0 Å². The van der Waals surface area contributed by atoms with E-state index in [1.54, 1.807) is 4.31 Å². The first kappa shape index (κ1) is 15.1. The van der Waals surface area contributed by atoms with Crippen molar-refractivity contribution in [3.05, 3.63) is 24.0 Å². The van der Waals surface area contributed by atoms with Crippen LogP contribution >= 0.6 is 0 Å². The van der Waals surface area contributed by atoms with Gasteiger partial charge in [-0.1, -0.05) is 0 Å². The lowest BCUT2D eigenvalue weighted by Gasteiger charge is -2.35. The fraction of sp³-hybridized carbons (Fsp3) is 0.733. The van der Waals surface area contributed by atoms with Gasteiger partial charge in [0.1, 0.15) is 0 Å². The molecule has 1 aromatic heterocycles. The van der Waals surface area contributed by atoms with Crippen molar-refractivity contribution >= 4 is 10.0 Å². The number of nitrogens with zero attached hydrogens (tertiary/aromatic N) is 2. The summed E-state index contributed by atoms with van der Waals surface area (Å²) >= 11 is 0. The Morgan fingerprint density at radius 3 is 2.81 bits per heavy atom. The molecule has 2 unspecified atom stereocenters. The first-order valence-electron chi connectivity index (χ1n) is 7.86. The summed E-state index contributed by atoms with van der Waals surface area (Å²) in [5.74, 6) is 0.462. The molecular formula is C15H25N3O2S. The van der Waals surface area contributed by atoms with Gasteiger partial charge in [0.05, 0.1) is 6.26 Å². The average molecular weight is 311 g/mol. The minimum atomic E-state index is -3.04. The number of likely N-dealkylation sites (tertiary alicyclic amines) is 1. The summed E-state index contributed by atoms with van der Waals surface area (Å²) in [5.41, 5.74) is 1.29. The van der Waals surface area contributed by atoms with Gasteiger partial charge in [-0.15, -0.1) is 0 Å². The van der Waals surface area contributed by atoms with Gasteiger partial charge in [0.25, 0.3) is 0 Å². The fourth-order valence-corrected chi connectivity index (χ4v) is 4.70. The number of H-pyrrole nitrogens is 1. The minimum Gasteiger partial charge on any atom is -0.364 e. The van der Waals surface area contributed by atoms with E-state index in [1.165, 1.54) is 24.8 Å². The van der Waals surface area contributed by atoms with E-state index in [0.29, 0.717) is 25.0 Å². The third-order valence-electron chi connectivity index (χ3n) is 4.79. The van der Waals surface area contributed by atoms with Gasteiger partial charge in [-0.3, -0.25) is 4.90 Å². The van der Waals surface area contributed by atoms with Crippen LogP contribution < -0.4 is 0 Å². The van der Waals surface area contributed by atoms with E-state index < -0.39 is 10.0 Å². The zero-order valence-electron chi connectivity index (χ0n) is 12.7. The van der Waals surface area contributed by atoms with Crippen LogP contribution in [0.3, 0.4) is 0 Å². The summed E-state index contributed by atoms with van der Waals surface area (Å²) < 4.78 is 25.1. The highest BCUT2D eigenvalue weighted by Gasteiger charge is 2.32. The zero-order valence-corrected chi connectivity index (χ0v) is 13.5. The van der Waals surface area contributed by atoms with Crippen molar-refractivity contribution in [2.24, 2.45) is 5.92 Å². The number of hydrogen-bond acceptors (Lipinski definition) is 3. The van der Waals surface area contributed by atoms with Gasteiger partial charge >= 0.3 is 0 Å². The highest BCUT2D eigenvalue weighted by Crippen LogP contribution is 2.32. The second kappa shape index (κ2) is 6.10. The number of aromatic amines is 1. The molecule has 3 rings (SSSR count). The second-order valence-electron chi connectivity index (χ2n) is 6.41. The number of sulfonamides is 1. The first-order chi connectivity index (χ1) is 10.0. The van der Waals surface area contributed by atoms with E-state index in [0.717, 1.165) is 25.9 Å². The third-order valence-corrected chi connectivity index (χ3v) is 6.06. The largest absolute Gasteiger partial charge is 0.364 e. The molecule has 0 bridgehead atoms. The lowest BCUT2D eigenvalue weighted by Crippen LogP contribution is -2.43. The van der Waals surface area contributed by atoms with Crippen molar-refractivity contribution in [2.45, 2.75) is 31.7 Å². The molecule has 0 aromatic carbocycles. The van der Waals surface area contributed by atoms with Crippen molar-refractivity contribution in [2.75, 3.05) is 32.4 Å². The number of hydrogen-bond donors (Lipinski definition) is 1. The van der Waals surface area contributed by atoms with Gasteiger partial charge in [0.15, 0.2) is 0 Å². The third kappa shape index (κ3) is 3.49.